The molecule has 2 rings (SSSR count). The summed E-state index contributed by atoms with van der Waals surface area (Å²) < 4.78 is 13.0. The zero-order chi connectivity index (χ0) is 14.9. The Morgan fingerprint density at radius 1 is 1.20 bits per heavy atom. The minimum absolute atomic E-state index is 0.0455. The molecule has 0 aromatic heterocycles. The quantitative estimate of drug-likeness (QED) is 0.742. The van der Waals surface area contributed by atoms with Gasteiger partial charge in [-0.15, -0.1) is 0 Å². The van der Waals surface area contributed by atoms with Crippen molar-refractivity contribution in [2.24, 2.45) is 0 Å². The van der Waals surface area contributed by atoms with Crippen LogP contribution in [0.1, 0.15) is 17.4 Å². The maximum atomic E-state index is 13.0. The highest BCUT2D eigenvalue weighted by atomic mass is 35.5. The Balaban J connectivity index is 2.30. The van der Waals surface area contributed by atoms with Gasteiger partial charge in [-0.1, -0.05) is 23.2 Å². The minimum atomic E-state index is -1.23. The first kappa shape index (κ1) is 14.9. The zero-order valence-electron chi connectivity index (χ0n) is 10.5. The Kier molecular flexibility index (Phi) is 4.38. The van der Waals surface area contributed by atoms with Crippen LogP contribution in [0.4, 0.5) is 10.1 Å². The van der Waals surface area contributed by atoms with Crippen molar-refractivity contribution in [1.29, 1.82) is 0 Å². The van der Waals surface area contributed by atoms with Crippen LogP contribution >= 0.6 is 23.2 Å². The molecule has 0 aliphatic heterocycles. The Labute approximate surface area is 125 Å². The van der Waals surface area contributed by atoms with Gasteiger partial charge in [0, 0.05) is 16.3 Å². The van der Waals surface area contributed by atoms with Crippen molar-refractivity contribution in [2.75, 3.05) is 5.32 Å². The number of benzene rings is 2. The van der Waals surface area contributed by atoms with Crippen LogP contribution in [0.2, 0.25) is 10.0 Å². The van der Waals surface area contributed by atoms with Crippen LogP contribution < -0.4 is 5.32 Å². The number of rotatable bonds is 3. The molecule has 0 heterocycles. The molecule has 0 saturated heterocycles. The molecule has 2 aromatic carbocycles. The van der Waals surface area contributed by atoms with E-state index in [1.165, 1.54) is 30.3 Å². The van der Waals surface area contributed by atoms with E-state index < -0.39 is 6.23 Å². The second kappa shape index (κ2) is 5.87. The number of phenols is 1. The summed E-state index contributed by atoms with van der Waals surface area (Å²) in [7, 11) is 0. The molecule has 0 spiro atoms. The molecular formula is C14H12Cl2FNO2. The lowest BCUT2D eigenvalue weighted by Gasteiger charge is -2.18. The molecular weight excluding hydrogens is 304 g/mol. The van der Waals surface area contributed by atoms with E-state index in [0.29, 0.717) is 16.3 Å². The zero-order valence-corrected chi connectivity index (χ0v) is 12.0. The highest BCUT2D eigenvalue weighted by Crippen LogP contribution is 2.35. The number of aliphatic hydroxyl groups excluding tert-OH is 1. The highest BCUT2D eigenvalue weighted by Gasteiger charge is 2.16. The van der Waals surface area contributed by atoms with Crippen LogP contribution in [0.3, 0.4) is 0 Å². The summed E-state index contributed by atoms with van der Waals surface area (Å²) in [4.78, 5) is 0. The number of aryl methyl sites for hydroxylation is 1. The van der Waals surface area contributed by atoms with Crippen LogP contribution in [0, 0.1) is 12.7 Å². The summed E-state index contributed by atoms with van der Waals surface area (Å²) in [5.74, 6) is -0.619. The van der Waals surface area contributed by atoms with Crippen molar-refractivity contribution < 1.29 is 14.6 Å². The number of anilines is 1. The van der Waals surface area contributed by atoms with E-state index in [9.17, 15) is 14.6 Å². The molecule has 6 heteroatoms. The van der Waals surface area contributed by atoms with E-state index in [0.717, 1.165) is 0 Å². The SMILES string of the molecule is Cc1cc(F)ccc1NC(O)c1cc(Cl)cc(Cl)c1O. The van der Waals surface area contributed by atoms with E-state index in [-0.39, 0.29) is 22.2 Å². The largest absolute Gasteiger partial charge is 0.506 e. The van der Waals surface area contributed by atoms with Gasteiger partial charge in [0.15, 0.2) is 6.23 Å². The van der Waals surface area contributed by atoms with Crippen LogP contribution in [-0.2, 0) is 0 Å². The number of nitrogens with one attached hydrogen (secondary N) is 1. The predicted molar refractivity (Wildman–Crippen MR) is 77.8 cm³/mol. The van der Waals surface area contributed by atoms with Gasteiger partial charge < -0.3 is 15.5 Å². The van der Waals surface area contributed by atoms with E-state index in [1.807, 2.05) is 0 Å². The number of hydrogen-bond acceptors (Lipinski definition) is 3. The molecule has 0 radical (unpaired) electrons. The fraction of sp³-hybridized carbons (Fsp3) is 0.143. The van der Waals surface area contributed by atoms with Crippen LogP contribution in [0.25, 0.3) is 0 Å². The summed E-state index contributed by atoms with van der Waals surface area (Å²) in [6.45, 7) is 1.70. The lowest BCUT2D eigenvalue weighted by molar-refractivity contribution is 0.203. The highest BCUT2D eigenvalue weighted by molar-refractivity contribution is 6.35. The maximum Gasteiger partial charge on any atom is 0.154 e. The Bertz CT molecular complexity index is 649. The van der Waals surface area contributed by atoms with Crippen LogP contribution in [0.15, 0.2) is 30.3 Å². The van der Waals surface area contributed by atoms with Gasteiger partial charge >= 0.3 is 0 Å². The monoisotopic (exact) mass is 315 g/mol. The molecule has 0 fully saturated rings. The molecule has 106 valence electrons. The molecule has 1 unspecified atom stereocenters. The standard InChI is InChI=1S/C14H12Cl2FNO2/c1-7-4-9(17)2-3-12(7)18-14(20)10-5-8(15)6-11(16)13(10)19/h2-6,14,18-20H,1H3. The van der Waals surface area contributed by atoms with E-state index >= 15 is 0 Å². The van der Waals surface area contributed by atoms with Crippen molar-refractivity contribution >= 4 is 28.9 Å². The average molecular weight is 316 g/mol. The van der Waals surface area contributed by atoms with E-state index in [4.69, 9.17) is 23.2 Å². The van der Waals surface area contributed by atoms with Gasteiger partial charge in [0.2, 0.25) is 0 Å². The first-order chi connectivity index (χ1) is 9.38. The number of aliphatic hydroxyl groups is 1. The molecule has 0 bridgehead atoms. The van der Waals surface area contributed by atoms with Gasteiger partial charge in [-0.2, -0.15) is 0 Å². The normalized spacial score (nSPS) is 12.2. The topological polar surface area (TPSA) is 52.5 Å². The second-order valence-corrected chi connectivity index (χ2v) is 5.18. The Hall–Kier alpha value is -1.49. The lowest BCUT2D eigenvalue weighted by atomic mass is 10.1. The smallest absolute Gasteiger partial charge is 0.154 e. The third kappa shape index (κ3) is 3.15. The van der Waals surface area contributed by atoms with Crippen LogP contribution in [0.5, 0.6) is 5.75 Å². The van der Waals surface area contributed by atoms with Crippen molar-refractivity contribution in [3.05, 3.63) is 57.3 Å². The minimum Gasteiger partial charge on any atom is -0.506 e. The molecule has 20 heavy (non-hydrogen) atoms. The van der Waals surface area contributed by atoms with Crippen molar-refractivity contribution in [3.63, 3.8) is 0 Å². The van der Waals surface area contributed by atoms with Gasteiger partial charge in [-0.05, 0) is 42.8 Å². The van der Waals surface area contributed by atoms with Crippen molar-refractivity contribution in [2.45, 2.75) is 13.2 Å². The molecule has 3 nitrogen and oxygen atoms in total. The van der Waals surface area contributed by atoms with Crippen LogP contribution in [-0.4, -0.2) is 10.2 Å². The second-order valence-electron chi connectivity index (χ2n) is 4.33. The number of hydrogen-bond donors (Lipinski definition) is 3. The van der Waals surface area contributed by atoms with E-state index in [2.05, 4.69) is 5.32 Å². The third-order valence-electron chi connectivity index (χ3n) is 2.83. The molecule has 3 N–H and O–H groups in total. The molecule has 0 aliphatic rings. The van der Waals surface area contributed by atoms with Crippen molar-refractivity contribution in [1.82, 2.24) is 0 Å². The molecule has 1 atom stereocenters. The third-order valence-corrected chi connectivity index (χ3v) is 3.34. The number of aromatic hydroxyl groups is 1. The first-order valence-corrected chi connectivity index (χ1v) is 6.52. The lowest BCUT2D eigenvalue weighted by Crippen LogP contribution is -2.11. The van der Waals surface area contributed by atoms with Gasteiger partial charge in [0.1, 0.15) is 11.6 Å². The predicted octanol–water partition coefficient (Wildman–Crippen LogP) is 4.25. The molecule has 0 aliphatic carbocycles. The van der Waals surface area contributed by atoms with Gasteiger partial charge in [0.05, 0.1) is 5.02 Å². The first-order valence-electron chi connectivity index (χ1n) is 5.77. The summed E-state index contributed by atoms with van der Waals surface area (Å²) in [5.41, 5.74) is 1.30. The molecule has 0 amide bonds. The Morgan fingerprint density at radius 2 is 1.90 bits per heavy atom. The summed E-state index contributed by atoms with van der Waals surface area (Å²) in [6, 6.07) is 6.88. The van der Waals surface area contributed by atoms with Gasteiger partial charge in [-0.25, -0.2) is 4.39 Å². The maximum absolute atomic E-state index is 13.0. The fourth-order valence-electron chi connectivity index (χ4n) is 1.81. The van der Waals surface area contributed by atoms with Gasteiger partial charge in [0.25, 0.3) is 0 Å². The molecule has 2 aromatic rings. The number of phenolic OH excluding ortho intramolecular Hbond substituents is 1. The summed E-state index contributed by atoms with van der Waals surface area (Å²) >= 11 is 11.6. The average Bonchev–Trinajstić information content (AvgIpc) is 2.37. The summed E-state index contributed by atoms with van der Waals surface area (Å²) in [5, 5.41) is 23.0. The van der Waals surface area contributed by atoms with E-state index in [1.54, 1.807) is 6.92 Å². The number of halogens is 3. The molecule has 0 saturated carbocycles. The summed E-state index contributed by atoms with van der Waals surface area (Å²) in [6.07, 6.45) is -1.23. The van der Waals surface area contributed by atoms with Crippen molar-refractivity contribution in [3.8, 4) is 5.75 Å². The fourth-order valence-corrected chi connectivity index (χ4v) is 2.32. The van der Waals surface area contributed by atoms with Gasteiger partial charge in [-0.3, -0.25) is 0 Å². The Morgan fingerprint density at radius 3 is 2.55 bits per heavy atom.